The summed E-state index contributed by atoms with van der Waals surface area (Å²) in [5.41, 5.74) is 0.799. The van der Waals surface area contributed by atoms with E-state index < -0.39 is 11.2 Å². The number of ether oxygens (including phenoxy) is 2. The Labute approximate surface area is 141 Å². The van der Waals surface area contributed by atoms with Crippen LogP contribution in [0.1, 0.15) is 57.3 Å². The van der Waals surface area contributed by atoms with Gasteiger partial charge in [0.2, 0.25) is 0 Å². The van der Waals surface area contributed by atoms with Crippen LogP contribution in [0.2, 0.25) is 0 Å². The van der Waals surface area contributed by atoms with Crippen molar-refractivity contribution >= 4 is 11.5 Å². The summed E-state index contributed by atoms with van der Waals surface area (Å²) in [4.78, 5) is 21.9. The van der Waals surface area contributed by atoms with Gasteiger partial charge in [0.15, 0.2) is 6.29 Å². The molecule has 1 saturated heterocycles. The number of ketones is 1. The lowest BCUT2D eigenvalue weighted by molar-refractivity contribution is -0.384. The summed E-state index contributed by atoms with van der Waals surface area (Å²) < 4.78 is 12.2. The number of non-ortho nitro benzene ring substituents is 1. The van der Waals surface area contributed by atoms with Gasteiger partial charge in [0.05, 0.1) is 17.1 Å². The van der Waals surface area contributed by atoms with Crippen molar-refractivity contribution < 1.29 is 19.2 Å². The van der Waals surface area contributed by atoms with Gasteiger partial charge >= 0.3 is 0 Å². The Kier molecular flexibility index (Phi) is 5.26. The van der Waals surface area contributed by atoms with Crippen molar-refractivity contribution in [3.63, 3.8) is 0 Å². The van der Waals surface area contributed by atoms with E-state index in [-0.39, 0.29) is 23.7 Å². The molecule has 3 rings (SSSR count). The largest absolute Gasteiger partial charge is 0.342 e. The molecule has 1 aliphatic carbocycles. The van der Waals surface area contributed by atoms with Crippen molar-refractivity contribution in [2.24, 2.45) is 5.92 Å². The molecule has 1 unspecified atom stereocenters. The zero-order chi connectivity index (χ0) is 17.1. The molecule has 6 nitrogen and oxygen atoms in total. The molecule has 0 amide bonds. The Morgan fingerprint density at radius 1 is 1.17 bits per heavy atom. The highest BCUT2D eigenvalue weighted by Crippen LogP contribution is 2.40. The monoisotopic (exact) mass is 333 g/mol. The Bertz CT molecular complexity index is 594. The molecule has 0 radical (unpaired) electrons. The number of nitrogens with zero attached hydrogens (tertiary/aromatic N) is 1. The molecule has 1 heterocycles. The first kappa shape index (κ1) is 17.0. The first-order chi connectivity index (χ1) is 11.5. The van der Waals surface area contributed by atoms with E-state index in [1.807, 2.05) is 0 Å². The fourth-order valence-electron chi connectivity index (χ4n) is 3.73. The summed E-state index contributed by atoms with van der Waals surface area (Å²) in [5, 5.41) is 10.8. The number of hydrogen-bond donors (Lipinski definition) is 0. The van der Waals surface area contributed by atoms with Crippen molar-refractivity contribution in [1.82, 2.24) is 0 Å². The Hall–Kier alpha value is -1.79. The van der Waals surface area contributed by atoms with Crippen LogP contribution >= 0.6 is 0 Å². The molecule has 1 aromatic rings. The average Bonchev–Trinajstić information content (AvgIpc) is 2.99. The Morgan fingerprint density at radius 2 is 1.83 bits per heavy atom. The zero-order valence-corrected chi connectivity index (χ0v) is 13.8. The van der Waals surface area contributed by atoms with Crippen molar-refractivity contribution in [3.8, 4) is 0 Å². The summed E-state index contributed by atoms with van der Waals surface area (Å²) >= 11 is 0. The van der Waals surface area contributed by atoms with Gasteiger partial charge in [-0.1, -0.05) is 19.3 Å². The first-order valence-corrected chi connectivity index (χ1v) is 8.59. The van der Waals surface area contributed by atoms with Crippen molar-refractivity contribution in [2.75, 3.05) is 0 Å². The van der Waals surface area contributed by atoms with E-state index in [0.29, 0.717) is 12.3 Å². The molecule has 2 fully saturated rings. The summed E-state index contributed by atoms with van der Waals surface area (Å²) in [6, 6.07) is 6.24. The Morgan fingerprint density at radius 3 is 2.42 bits per heavy atom. The van der Waals surface area contributed by atoms with E-state index in [1.165, 1.54) is 31.4 Å². The molecule has 130 valence electrons. The minimum atomic E-state index is -0.554. The quantitative estimate of drug-likeness (QED) is 0.602. The number of nitro groups is 1. The second kappa shape index (κ2) is 7.40. The summed E-state index contributed by atoms with van der Waals surface area (Å²) in [5.74, 6) is 0.514. The van der Waals surface area contributed by atoms with Crippen LogP contribution in [0, 0.1) is 16.0 Å². The molecule has 0 N–H and O–H groups in total. The number of hydrogen-bond acceptors (Lipinski definition) is 5. The maximum absolute atomic E-state index is 11.6. The second-order valence-electron chi connectivity index (χ2n) is 6.76. The zero-order valence-electron chi connectivity index (χ0n) is 13.8. The minimum Gasteiger partial charge on any atom is -0.342 e. The highest BCUT2D eigenvalue weighted by molar-refractivity contribution is 5.76. The number of carbonyl (C=O) groups excluding carboxylic acids is 1. The smallest absolute Gasteiger partial charge is 0.269 e. The van der Waals surface area contributed by atoms with E-state index in [1.54, 1.807) is 19.1 Å². The van der Waals surface area contributed by atoms with E-state index in [2.05, 4.69) is 0 Å². The molecular formula is C18H23NO5. The Balaban J connectivity index is 1.75. The van der Waals surface area contributed by atoms with Crippen LogP contribution in [0.15, 0.2) is 24.3 Å². The molecular weight excluding hydrogens is 310 g/mol. The fraction of sp³-hybridized carbons (Fsp3) is 0.611. The van der Waals surface area contributed by atoms with Gasteiger partial charge in [0.25, 0.3) is 5.69 Å². The third-order valence-electron chi connectivity index (χ3n) is 4.92. The molecule has 1 aliphatic heterocycles. The minimum absolute atomic E-state index is 0.0425. The lowest BCUT2D eigenvalue weighted by Crippen LogP contribution is -2.33. The second-order valence-corrected chi connectivity index (χ2v) is 6.76. The lowest BCUT2D eigenvalue weighted by Gasteiger charge is -2.29. The van der Waals surface area contributed by atoms with Gasteiger partial charge in [0, 0.05) is 24.1 Å². The standard InChI is InChI=1S/C18H23NO5/c1-12(20)11-16-17(13-5-3-2-4-6-13)24-18(23-16)14-7-9-15(10-8-14)19(21)22/h7-10,13,16-18H,2-6,11H2,1H3/t16-,17-,18?/m0/s1. The van der Waals surface area contributed by atoms with Crippen LogP contribution in [-0.4, -0.2) is 22.9 Å². The number of rotatable bonds is 5. The van der Waals surface area contributed by atoms with E-state index >= 15 is 0 Å². The predicted molar refractivity (Wildman–Crippen MR) is 87.5 cm³/mol. The number of carbonyl (C=O) groups is 1. The van der Waals surface area contributed by atoms with Gasteiger partial charge in [-0.3, -0.25) is 14.9 Å². The van der Waals surface area contributed by atoms with E-state index in [4.69, 9.17) is 9.47 Å². The molecule has 24 heavy (non-hydrogen) atoms. The van der Waals surface area contributed by atoms with Crippen LogP contribution in [0.3, 0.4) is 0 Å². The molecule has 0 bridgehead atoms. The van der Waals surface area contributed by atoms with Crippen LogP contribution in [0.5, 0.6) is 0 Å². The highest BCUT2D eigenvalue weighted by Gasteiger charge is 2.42. The van der Waals surface area contributed by atoms with Crippen LogP contribution in [0.25, 0.3) is 0 Å². The van der Waals surface area contributed by atoms with Gasteiger partial charge in [-0.15, -0.1) is 0 Å². The van der Waals surface area contributed by atoms with Gasteiger partial charge < -0.3 is 9.47 Å². The molecule has 2 aliphatic rings. The lowest BCUT2D eigenvalue weighted by atomic mass is 9.82. The van der Waals surface area contributed by atoms with E-state index in [0.717, 1.165) is 18.4 Å². The van der Waals surface area contributed by atoms with Crippen LogP contribution in [0.4, 0.5) is 5.69 Å². The molecule has 0 aromatic heterocycles. The third kappa shape index (κ3) is 3.82. The van der Waals surface area contributed by atoms with Crippen molar-refractivity contribution in [3.05, 3.63) is 39.9 Å². The maximum atomic E-state index is 11.6. The average molecular weight is 333 g/mol. The molecule has 6 heteroatoms. The number of nitro benzene ring substituents is 1. The van der Waals surface area contributed by atoms with Crippen molar-refractivity contribution in [1.29, 1.82) is 0 Å². The molecule has 0 spiro atoms. The maximum Gasteiger partial charge on any atom is 0.269 e. The summed E-state index contributed by atoms with van der Waals surface area (Å²) in [6.07, 6.45) is 5.35. The van der Waals surface area contributed by atoms with Gasteiger partial charge in [-0.2, -0.15) is 0 Å². The van der Waals surface area contributed by atoms with Crippen LogP contribution < -0.4 is 0 Å². The normalized spacial score (nSPS) is 28.0. The first-order valence-electron chi connectivity index (χ1n) is 8.59. The van der Waals surface area contributed by atoms with Gasteiger partial charge in [-0.05, 0) is 37.8 Å². The summed E-state index contributed by atoms with van der Waals surface area (Å²) in [6.45, 7) is 1.57. The summed E-state index contributed by atoms with van der Waals surface area (Å²) in [7, 11) is 0. The van der Waals surface area contributed by atoms with Gasteiger partial charge in [0.1, 0.15) is 5.78 Å². The predicted octanol–water partition coefficient (Wildman–Crippen LogP) is 3.94. The molecule has 1 aromatic carbocycles. The van der Waals surface area contributed by atoms with Crippen LogP contribution in [-0.2, 0) is 14.3 Å². The number of Topliss-reactive ketones (excluding diaryl/α,β-unsaturated/α-hetero) is 1. The topological polar surface area (TPSA) is 78.7 Å². The number of benzene rings is 1. The van der Waals surface area contributed by atoms with Gasteiger partial charge in [-0.25, -0.2) is 0 Å². The SMILES string of the molecule is CC(=O)C[C@@H]1OC(c2ccc([N+](=O)[O-])cc2)O[C@H]1C1CCCCC1. The molecule has 1 saturated carbocycles. The van der Waals surface area contributed by atoms with Crippen molar-refractivity contribution in [2.45, 2.75) is 63.9 Å². The highest BCUT2D eigenvalue weighted by atomic mass is 16.7. The fourth-order valence-corrected chi connectivity index (χ4v) is 3.73. The third-order valence-corrected chi connectivity index (χ3v) is 4.92. The van der Waals surface area contributed by atoms with E-state index in [9.17, 15) is 14.9 Å². The molecule has 3 atom stereocenters.